The molecule has 0 bridgehead atoms. The van der Waals surface area contributed by atoms with Crippen molar-refractivity contribution in [1.29, 1.82) is 5.41 Å². The summed E-state index contributed by atoms with van der Waals surface area (Å²) in [7, 11) is 0.632. The predicted molar refractivity (Wildman–Crippen MR) is 136 cm³/mol. The van der Waals surface area contributed by atoms with Gasteiger partial charge in [-0.2, -0.15) is 0 Å². The Labute approximate surface area is 205 Å². The van der Waals surface area contributed by atoms with Crippen LogP contribution in [0.1, 0.15) is 22.5 Å². The third-order valence-corrected chi connectivity index (χ3v) is 7.14. The van der Waals surface area contributed by atoms with Crippen LogP contribution in [0.4, 0.5) is 5.69 Å². The number of hydrogen-bond donors (Lipinski definition) is 3. The SMILES string of the molecule is COc1cc(C(Nc2ccc(C(=N)N)cc2)P(=O)(OC)OC)ccc1OCc1ccccc1.Cl. The molecule has 0 aliphatic carbocycles. The molecule has 10 heteroatoms. The maximum atomic E-state index is 13.4. The Morgan fingerprint density at radius 2 is 1.62 bits per heavy atom. The van der Waals surface area contributed by atoms with Crippen LogP contribution >= 0.6 is 20.0 Å². The van der Waals surface area contributed by atoms with E-state index in [0.29, 0.717) is 34.9 Å². The van der Waals surface area contributed by atoms with Crippen molar-refractivity contribution in [3.8, 4) is 11.5 Å². The van der Waals surface area contributed by atoms with Gasteiger partial charge < -0.3 is 29.6 Å². The highest BCUT2D eigenvalue weighted by molar-refractivity contribution is 7.54. The summed E-state index contributed by atoms with van der Waals surface area (Å²) in [5.74, 6) is 0.182. The molecule has 0 saturated carbocycles. The van der Waals surface area contributed by atoms with Gasteiger partial charge in [0.1, 0.15) is 12.4 Å². The van der Waals surface area contributed by atoms with Gasteiger partial charge in [0.2, 0.25) is 0 Å². The van der Waals surface area contributed by atoms with Crippen molar-refractivity contribution in [3.05, 3.63) is 89.5 Å². The zero-order valence-electron chi connectivity index (χ0n) is 19.2. The van der Waals surface area contributed by atoms with E-state index in [9.17, 15) is 4.57 Å². The third kappa shape index (κ3) is 6.52. The molecule has 34 heavy (non-hydrogen) atoms. The van der Waals surface area contributed by atoms with Gasteiger partial charge in [0.25, 0.3) is 0 Å². The number of anilines is 1. The molecular weight excluding hydrogens is 477 g/mol. The Balaban J connectivity index is 0.00000408. The lowest BCUT2D eigenvalue weighted by atomic mass is 10.1. The van der Waals surface area contributed by atoms with Crippen LogP contribution in [-0.4, -0.2) is 27.2 Å². The second-order valence-electron chi connectivity index (χ2n) is 7.13. The lowest BCUT2D eigenvalue weighted by Crippen LogP contribution is -2.15. The average molecular weight is 506 g/mol. The number of methoxy groups -OCH3 is 1. The van der Waals surface area contributed by atoms with Crippen molar-refractivity contribution >= 4 is 31.5 Å². The molecule has 1 atom stereocenters. The van der Waals surface area contributed by atoms with Crippen LogP contribution in [0.5, 0.6) is 11.5 Å². The highest BCUT2D eigenvalue weighted by Gasteiger charge is 2.36. The average Bonchev–Trinajstić information content (AvgIpc) is 2.86. The molecule has 0 radical (unpaired) electrons. The number of halogens is 1. The summed E-state index contributed by atoms with van der Waals surface area (Å²) in [6.07, 6.45) is 0. The Kier molecular flexibility index (Phi) is 9.96. The minimum Gasteiger partial charge on any atom is -0.493 e. The summed E-state index contributed by atoms with van der Waals surface area (Å²) in [6.45, 7) is 0.384. The van der Waals surface area contributed by atoms with Crippen LogP contribution < -0.4 is 20.5 Å². The molecule has 0 heterocycles. The zero-order valence-corrected chi connectivity index (χ0v) is 20.9. The summed E-state index contributed by atoms with van der Waals surface area (Å²) < 4.78 is 35.4. The summed E-state index contributed by atoms with van der Waals surface area (Å²) in [5.41, 5.74) is 8.42. The number of amidine groups is 1. The van der Waals surface area contributed by atoms with Crippen molar-refractivity contribution in [2.75, 3.05) is 26.6 Å². The molecule has 4 N–H and O–H groups in total. The first-order valence-electron chi connectivity index (χ1n) is 10.2. The first kappa shape index (κ1) is 27.2. The van der Waals surface area contributed by atoms with E-state index in [4.69, 9.17) is 29.7 Å². The van der Waals surface area contributed by atoms with Crippen LogP contribution in [0.2, 0.25) is 0 Å². The van der Waals surface area contributed by atoms with Gasteiger partial charge in [-0.25, -0.2) is 0 Å². The van der Waals surface area contributed by atoms with Gasteiger partial charge in [0.15, 0.2) is 17.3 Å². The van der Waals surface area contributed by atoms with E-state index in [1.165, 1.54) is 14.2 Å². The third-order valence-electron chi connectivity index (χ3n) is 5.07. The van der Waals surface area contributed by atoms with Crippen molar-refractivity contribution in [2.45, 2.75) is 12.4 Å². The Bertz CT molecular complexity index is 1120. The lowest BCUT2D eigenvalue weighted by Gasteiger charge is -2.27. The van der Waals surface area contributed by atoms with E-state index >= 15 is 0 Å². The van der Waals surface area contributed by atoms with E-state index in [1.54, 1.807) is 49.6 Å². The fourth-order valence-corrected chi connectivity index (χ4v) is 4.65. The fraction of sp³-hybridized carbons (Fsp3) is 0.208. The van der Waals surface area contributed by atoms with Crippen LogP contribution in [0, 0.1) is 5.41 Å². The normalized spacial score (nSPS) is 11.7. The molecule has 182 valence electrons. The lowest BCUT2D eigenvalue weighted by molar-refractivity contribution is 0.268. The topological polar surface area (TPSA) is 116 Å². The summed E-state index contributed by atoms with van der Waals surface area (Å²) in [4.78, 5) is 0. The molecule has 0 aromatic heterocycles. The van der Waals surface area contributed by atoms with Crippen molar-refractivity contribution < 1.29 is 23.1 Å². The molecule has 0 aliphatic heterocycles. The van der Waals surface area contributed by atoms with Crippen LogP contribution in [0.3, 0.4) is 0 Å². The van der Waals surface area contributed by atoms with Gasteiger partial charge in [0, 0.05) is 25.5 Å². The van der Waals surface area contributed by atoms with Gasteiger partial charge in [0.05, 0.1) is 7.11 Å². The summed E-state index contributed by atoms with van der Waals surface area (Å²) in [6, 6.07) is 22.0. The molecule has 3 aromatic rings. The Morgan fingerprint density at radius 3 is 2.18 bits per heavy atom. The molecule has 3 aromatic carbocycles. The Hall–Kier alpha value is -3.03. The van der Waals surface area contributed by atoms with Crippen molar-refractivity contribution in [2.24, 2.45) is 5.73 Å². The second kappa shape index (κ2) is 12.4. The molecule has 0 saturated heterocycles. The standard InChI is InChI=1S/C24H28N3O5P.ClH/c1-29-22-15-19(11-14-21(22)32-16-17-7-5-4-6-8-17)24(33(28,30-2)31-3)27-20-12-9-18(10-13-20)23(25)26;/h4-15,24,27H,16H2,1-3H3,(H3,25,26);1H. The largest absolute Gasteiger partial charge is 0.493 e. The predicted octanol–water partition coefficient (Wildman–Crippen LogP) is 5.58. The molecule has 0 amide bonds. The number of nitrogen functional groups attached to an aromatic ring is 1. The second-order valence-corrected chi connectivity index (χ2v) is 9.45. The van der Waals surface area contributed by atoms with Crippen molar-refractivity contribution in [1.82, 2.24) is 0 Å². The van der Waals surface area contributed by atoms with E-state index in [0.717, 1.165) is 5.56 Å². The first-order valence-corrected chi connectivity index (χ1v) is 11.8. The van der Waals surface area contributed by atoms with Crippen LogP contribution in [-0.2, 0) is 20.2 Å². The highest BCUT2D eigenvalue weighted by atomic mass is 35.5. The van der Waals surface area contributed by atoms with Gasteiger partial charge in [-0.3, -0.25) is 9.97 Å². The monoisotopic (exact) mass is 505 g/mol. The van der Waals surface area contributed by atoms with E-state index in [-0.39, 0.29) is 18.2 Å². The fourth-order valence-electron chi connectivity index (χ4n) is 3.24. The van der Waals surface area contributed by atoms with Gasteiger partial charge in [-0.05, 0) is 47.5 Å². The number of hydrogen-bond acceptors (Lipinski definition) is 7. The van der Waals surface area contributed by atoms with E-state index < -0.39 is 13.4 Å². The minimum absolute atomic E-state index is 0. The van der Waals surface area contributed by atoms with Crippen LogP contribution in [0.25, 0.3) is 0 Å². The maximum absolute atomic E-state index is 13.4. The van der Waals surface area contributed by atoms with Crippen LogP contribution in [0.15, 0.2) is 72.8 Å². The molecular formula is C24H29ClN3O5P. The quantitative estimate of drug-likeness (QED) is 0.177. The molecule has 0 fully saturated rings. The summed E-state index contributed by atoms with van der Waals surface area (Å²) >= 11 is 0. The number of nitrogens with one attached hydrogen (secondary N) is 2. The minimum atomic E-state index is -3.59. The Morgan fingerprint density at radius 1 is 0.971 bits per heavy atom. The first-order chi connectivity index (χ1) is 15.9. The summed E-state index contributed by atoms with van der Waals surface area (Å²) in [5, 5.41) is 10.8. The van der Waals surface area contributed by atoms with Gasteiger partial charge >= 0.3 is 7.60 Å². The highest BCUT2D eigenvalue weighted by Crippen LogP contribution is 2.60. The molecule has 1 unspecified atom stereocenters. The smallest absolute Gasteiger partial charge is 0.356 e. The molecule has 0 aliphatic rings. The zero-order chi connectivity index (χ0) is 23.8. The number of benzene rings is 3. The molecule has 8 nitrogen and oxygen atoms in total. The molecule has 0 spiro atoms. The number of ether oxygens (including phenoxy) is 2. The van der Waals surface area contributed by atoms with E-state index in [2.05, 4.69) is 5.32 Å². The molecule has 3 rings (SSSR count). The maximum Gasteiger partial charge on any atom is 0.356 e. The van der Waals surface area contributed by atoms with E-state index in [1.807, 2.05) is 30.3 Å². The van der Waals surface area contributed by atoms with Crippen molar-refractivity contribution in [3.63, 3.8) is 0 Å². The number of nitrogens with two attached hydrogens (primary N) is 1. The van der Waals surface area contributed by atoms with Gasteiger partial charge in [-0.15, -0.1) is 12.4 Å². The van der Waals surface area contributed by atoms with Gasteiger partial charge in [-0.1, -0.05) is 36.4 Å². The number of rotatable bonds is 11.